The van der Waals surface area contributed by atoms with Crippen LogP contribution in [0.15, 0.2) is 54.9 Å². The molecule has 0 aliphatic carbocycles. The lowest BCUT2D eigenvalue weighted by molar-refractivity contribution is -0.385. The van der Waals surface area contributed by atoms with Crippen molar-refractivity contribution in [3.63, 3.8) is 0 Å². The first-order chi connectivity index (χ1) is 13.0. The topological polar surface area (TPSA) is 99.7 Å². The Balaban J connectivity index is 1.86. The third-order valence-corrected chi connectivity index (χ3v) is 4.24. The summed E-state index contributed by atoms with van der Waals surface area (Å²) in [5.41, 5.74) is 1.74. The quantitative estimate of drug-likeness (QED) is 0.507. The molecule has 0 aliphatic rings. The Labute approximate surface area is 155 Å². The largest absolute Gasteiger partial charge is 0.493 e. The molecule has 1 aromatic heterocycles. The monoisotopic (exact) mass is 369 g/mol. The summed E-state index contributed by atoms with van der Waals surface area (Å²) in [4.78, 5) is 10.9. The van der Waals surface area contributed by atoms with Gasteiger partial charge in [-0.25, -0.2) is 4.68 Å². The molecule has 0 saturated heterocycles. The molecule has 0 bridgehead atoms. The summed E-state index contributed by atoms with van der Waals surface area (Å²) < 4.78 is 12.0. The van der Waals surface area contributed by atoms with Crippen LogP contribution in [0.3, 0.4) is 0 Å². The molecule has 3 rings (SSSR count). The van der Waals surface area contributed by atoms with Crippen LogP contribution in [0.5, 0.6) is 11.5 Å². The first kappa shape index (κ1) is 18.4. The van der Waals surface area contributed by atoms with E-state index in [1.54, 1.807) is 23.0 Å². The molecule has 0 fully saturated rings. The van der Waals surface area contributed by atoms with E-state index >= 15 is 0 Å². The van der Waals surface area contributed by atoms with Crippen LogP contribution in [0.2, 0.25) is 0 Å². The maximum Gasteiger partial charge on any atom is 0.276 e. The molecule has 140 valence electrons. The molecule has 0 saturated carbocycles. The minimum absolute atomic E-state index is 0.0672. The summed E-state index contributed by atoms with van der Waals surface area (Å²) in [5.74, 6) is 0.644. The first-order valence-corrected chi connectivity index (χ1v) is 8.20. The van der Waals surface area contributed by atoms with Gasteiger partial charge in [-0.15, -0.1) is 0 Å². The van der Waals surface area contributed by atoms with Gasteiger partial charge in [0.2, 0.25) is 0 Å². The molecule has 0 amide bonds. The number of nitro benzene ring substituents is 1. The number of ether oxygens (including phenoxy) is 2. The molecule has 3 aromatic rings. The number of benzene rings is 2. The molecular formula is C19H19N3O5. The Morgan fingerprint density at radius 3 is 2.41 bits per heavy atom. The zero-order valence-electron chi connectivity index (χ0n) is 14.9. The zero-order chi connectivity index (χ0) is 19.4. The van der Waals surface area contributed by atoms with Crippen molar-refractivity contribution in [2.45, 2.75) is 12.5 Å². The van der Waals surface area contributed by atoms with E-state index in [1.165, 1.54) is 26.4 Å². The molecule has 8 heteroatoms. The minimum atomic E-state index is -0.909. The number of hydrogen-bond acceptors (Lipinski definition) is 6. The fraction of sp³-hybridized carbons (Fsp3) is 0.211. The molecule has 0 aliphatic heterocycles. The van der Waals surface area contributed by atoms with Crippen LogP contribution in [-0.4, -0.2) is 34.0 Å². The normalized spacial score (nSPS) is 11.8. The van der Waals surface area contributed by atoms with Crippen molar-refractivity contribution in [2.75, 3.05) is 14.2 Å². The van der Waals surface area contributed by atoms with Gasteiger partial charge in [0.05, 0.1) is 37.0 Å². The summed E-state index contributed by atoms with van der Waals surface area (Å²) in [5, 5.41) is 26.1. The second kappa shape index (κ2) is 7.88. The fourth-order valence-electron chi connectivity index (χ4n) is 2.84. The van der Waals surface area contributed by atoms with Gasteiger partial charge in [0.25, 0.3) is 5.69 Å². The zero-order valence-corrected chi connectivity index (χ0v) is 14.9. The van der Waals surface area contributed by atoms with Crippen LogP contribution in [0, 0.1) is 10.1 Å². The van der Waals surface area contributed by atoms with Gasteiger partial charge in [-0.1, -0.05) is 12.1 Å². The number of aliphatic hydroxyl groups excluding tert-OH is 1. The highest BCUT2D eigenvalue weighted by molar-refractivity contribution is 5.54. The number of nitro groups is 1. The minimum Gasteiger partial charge on any atom is -0.493 e. The van der Waals surface area contributed by atoms with E-state index in [9.17, 15) is 15.2 Å². The summed E-state index contributed by atoms with van der Waals surface area (Å²) >= 11 is 0. The van der Waals surface area contributed by atoms with Gasteiger partial charge >= 0.3 is 0 Å². The molecule has 1 atom stereocenters. The SMILES string of the molecule is COc1cc(C[C@H](O)c2ccc(-n3cccn3)cc2)c([N+](=O)[O-])cc1OC. The van der Waals surface area contributed by atoms with E-state index in [1.807, 2.05) is 24.4 Å². The van der Waals surface area contributed by atoms with Gasteiger partial charge in [0, 0.05) is 24.4 Å². The van der Waals surface area contributed by atoms with Crippen molar-refractivity contribution in [3.8, 4) is 17.2 Å². The predicted molar refractivity (Wildman–Crippen MR) is 98.4 cm³/mol. The molecule has 27 heavy (non-hydrogen) atoms. The van der Waals surface area contributed by atoms with Crippen molar-refractivity contribution >= 4 is 5.69 Å². The van der Waals surface area contributed by atoms with E-state index in [-0.39, 0.29) is 17.9 Å². The molecule has 1 N–H and O–H groups in total. The molecule has 0 radical (unpaired) electrons. The summed E-state index contributed by atoms with van der Waals surface area (Å²) in [6.07, 6.45) is 2.66. The molecular weight excluding hydrogens is 350 g/mol. The third kappa shape index (κ3) is 3.90. The van der Waals surface area contributed by atoms with Crippen LogP contribution in [0.1, 0.15) is 17.2 Å². The van der Waals surface area contributed by atoms with E-state index in [2.05, 4.69) is 5.10 Å². The number of aliphatic hydroxyl groups is 1. The van der Waals surface area contributed by atoms with Gasteiger partial charge < -0.3 is 14.6 Å². The highest BCUT2D eigenvalue weighted by atomic mass is 16.6. The van der Waals surface area contributed by atoms with Crippen LogP contribution < -0.4 is 9.47 Å². The van der Waals surface area contributed by atoms with Crippen LogP contribution in [0.25, 0.3) is 5.69 Å². The van der Waals surface area contributed by atoms with Crippen LogP contribution >= 0.6 is 0 Å². The Morgan fingerprint density at radius 2 is 1.85 bits per heavy atom. The van der Waals surface area contributed by atoms with Gasteiger partial charge in [0.1, 0.15) is 0 Å². The third-order valence-electron chi connectivity index (χ3n) is 4.24. The lowest BCUT2D eigenvalue weighted by atomic mass is 9.99. The van der Waals surface area contributed by atoms with E-state index in [4.69, 9.17) is 9.47 Å². The number of rotatable bonds is 7. The maximum absolute atomic E-state index is 11.4. The van der Waals surface area contributed by atoms with Crippen LogP contribution in [0.4, 0.5) is 5.69 Å². The molecule has 0 spiro atoms. The van der Waals surface area contributed by atoms with Crippen molar-refractivity contribution in [3.05, 3.63) is 76.1 Å². The predicted octanol–water partition coefficient (Wildman–Crippen LogP) is 3.07. The Morgan fingerprint density at radius 1 is 1.19 bits per heavy atom. The summed E-state index contributed by atoms with van der Waals surface area (Å²) in [6.45, 7) is 0. The summed E-state index contributed by atoms with van der Waals surface area (Å²) in [7, 11) is 2.87. The number of nitrogens with zero attached hydrogens (tertiary/aromatic N) is 3. The second-order valence-electron chi connectivity index (χ2n) is 5.86. The lowest BCUT2D eigenvalue weighted by Gasteiger charge is -2.14. The molecule has 1 heterocycles. The van der Waals surface area contributed by atoms with E-state index < -0.39 is 11.0 Å². The van der Waals surface area contributed by atoms with Gasteiger partial charge in [-0.3, -0.25) is 10.1 Å². The first-order valence-electron chi connectivity index (χ1n) is 8.20. The van der Waals surface area contributed by atoms with Gasteiger partial charge in [0.15, 0.2) is 11.5 Å². The second-order valence-corrected chi connectivity index (χ2v) is 5.86. The van der Waals surface area contributed by atoms with Crippen molar-refractivity contribution in [2.24, 2.45) is 0 Å². The average molecular weight is 369 g/mol. The molecule has 8 nitrogen and oxygen atoms in total. The molecule has 0 unspecified atom stereocenters. The number of hydrogen-bond donors (Lipinski definition) is 1. The molecule has 2 aromatic carbocycles. The van der Waals surface area contributed by atoms with Gasteiger partial charge in [-0.2, -0.15) is 5.10 Å². The van der Waals surface area contributed by atoms with E-state index in [0.29, 0.717) is 16.9 Å². The Hall–Kier alpha value is -3.39. The average Bonchev–Trinajstić information content (AvgIpc) is 3.22. The highest BCUT2D eigenvalue weighted by Gasteiger charge is 2.22. The Kier molecular flexibility index (Phi) is 5.37. The highest BCUT2D eigenvalue weighted by Crippen LogP contribution is 2.36. The van der Waals surface area contributed by atoms with Crippen molar-refractivity contribution in [1.29, 1.82) is 0 Å². The fourth-order valence-corrected chi connectivity index (χ4v) is 2.84. The number of aromatic nitrogens is 2. The van der Waals surface area contributed by atoms with Crippen molar-refractivity contribution in [1.82, 2.24) is 9.78 Å². The standard InChI is InChI=1S/C19H19N3O5/c1-26-18-11-14(16(22(24)25)12-19(18)27-2)10-17(23)13-4-6-15(7-5-13)21-9-3-8-20-21/h3-9,11-12,17,23H,10H2,1-2H3/t17-/m0/s1. The lowest BCUT2D eigenvalue weighted by Crippen LogP contribution is -2.06. The summed E-state index contributed by atoms with van der Waals surface area (Å²) in [6, 6.07) is 11.9. The Bertz CT molecular complexity index is 923. The van der Waals surface area contributed by atoms with Gasteiger partial charge in [-0.05, 0) is 29.8 Å². The van der Waals surface area contributed by atoms with Crippen LogP contribution in [-0.2, 0) is 6.42 Å². The maximum atomic E-state index is 11.4. The number of methoxy groups -OCH3 is 2. The smallest absolute Gasteiger partial charge is 0.276 e. The van der Waals surface area contributed by atoms with E-state index in [0.717, 1.165) is 5.69 Å². The van der Waals surface area contributed by atoms with Crippen molar-refractivity contribution < 1.29 is 19.5 Å².